The summed E-state index contributed by atoms with van der Waals surface area (Å²) in [5.74, 6) is -0.461. The number of ketones is 1. The van der Waals surface area contributed by atoms with Crippen LogP contribution in [0.25, 0.3) is 6.08 Å². The summed E-state index contributed by atoms with van der Waals surface area (Å²) < 4.78 is 10.2. The molecule has 0 saturated heterocycles. The van der Waals surface area contributed by atoms with E-state index in [4.69, 9.17) is 9.15 Å². The third kappa shape index (κ3) is 1.91. The van der Waals surface area contributed by atoms with Gasteiger partial charge in [-0.3, -0.25) is 14.9 Å². The summed E-state index contributed by atoms with van der Waals surface area (Å²) in [6.45, 7) is 0. The molecule has 20 heavy (non-hydrogen) atoms. The largest absolute Gasteiger partial charge is 0.508 e. The van der Waals surface area contributed by atoms with Gasteiger partial charge in [0.15, 0.2) is 5.76 Å². The highest BCUT2D eigenvalue weighted by atomic mass is 16.6. The van der Waals surface area contributed by atoms with E-state index in [0.717, 1.165) is 0 Å². The number of carbonyl (C=O) groups excluding carboxylic acids is 1. The molecule has 1 aliphatic heterocycles. The highest BCUT2D eigenvalue weighted by Gasteiger charge is 2.28. The molecule has 0 aliphatic carbocycles. The Kier molecular flexibility index (Phi) is 2.53. The summed E-state index contributed by atoms with van der Waals surface area (Å²) in [5.41, 5.74) is 0.315. The number of hydrogen-bond donors (Lipinski definition) is 1. The molecule has 0 atom stereocenters. The molecule has 0 fully saturated rings. The summed E-state index contributed by atoms with van der Waals surface area (Å²) >= 11 is 0. The molecule has 7 nitrogen and oxygen atoms in total. The summed E-state index contributed by atoms with van der Waals surface area (Å²) in [4.78, 5) is 21.8. The van der Waals surface area contributed by atoms with Gasteiger partial charge in [0.2, 0.25) is 5.78 Å². The first-order valence-corrected chi connectivity index (χ1v) is 5.56. The van der Waals surface area contributed by atoms with Crippen molar-refractivity contribution in [1.29, 1.82) is 0 Å². The van der Waals surface area contributed by atoms with E-state index < -0.39 is 10.8 Å². The Bertz CT molecular complexity index is 758. The maximum atomic E-state index is 12.0. The fourth-order valence-corrected chi connectivity index (χ4v) is 1.82. The van der Waals surface area contributed by atoms with Gasteiger partial charge in [-0.1, -0.05) is 0 Å². The van der Waals surface area contributed by atoms with E-state index in [-0.39, 0.29) is 28.8 Å². The molecule has 1 aliphatic rings. The van der Waals surface area contributed by atoms with E-state index in [9.17, 15) is 20.0 Å². The van der Waals surface area contributed by atoms with Crippen LogP contribution < -0.4 is 4.74 Å². The first kappa shape index (κ1) is 12.0. The first-order chi connectivity index (χ1) is 9.54. The number of Topliss-reactive ketones (excluding diaryl/α,β-unsaturated/α-hetero) is 1. The van der Waals surface area contributed by atoms with Crippen molar-refractivity contribution in [2.45, 2.75) is 0 Å². The van der Waals surface area contributed by atoms with Gasteiger partial charge in [-0.15, -0.1) is 0 Å². The van der Waals surface area contributed by atoms with Crippen LogP contribution in [0.4, 0.5) is 5.88 Å². The molecule has 0 radical (unpaired) electrons. The van der Waals surface area contributed by atoms with E-state index >= 15 is 0 Å². The highest BCUT2D eigenvalue weighted by Crippen LogP contribution is 2.34. The van der Waals surface area contributed by atoms with Gasteiger partial charge in [0.1, 0.15) is 22.2 Å². The van der Waals surface area contributed by atoms with Crippen LogP contribution in [-0.2, 0) is 0 Å². The van der Waals surface area contributed by atoms with Crippen molar-refractivity contribution in [3.63, 3.8) is 0 Å². The molecule has 100 valence electrons. The van der Waals surface area contributed by atoms with Crippen molar-refractivity contribution in [2.24, 2.45) is 0 Å². The Labute approximate surface area is 111 Å². The summed E-state index contributed by atoms with van der Waals surface area (Å²) in [6.07, 6.45) is 1.27. The Morgan fingerprint density at radius 3 is 2.75 bits per heavy atom. The number of nitro groups is 1. The lowest BCUT2D eigenvalue weighted by Crippen LogP contribution is -1.97. The van der Waals surface area contributed by atoms with Crippen LogP contribution in [0.3, 0.4) is 0 Å². The summed E-state index contributed by atoms with van der Waals surface area (Å²) in [5, 5.41) is 19.8. The van der Waals surface area contributed by atoms with Crippen LogP contribution in [0.2, 0.25) is 0 Å². The lowest BCUT2D eigenvalue weighted by Gasteiger charge is -1.97. The number of hydrogen-bond acceptors (Lipinski definition) is 6. The minimum atomic E-state index is -0.674. The van der Waals surface area contributed by atoms with Gasteiger partial charge in [-0.2, -0.15) is 0 Å². The molecule has 3 rings (SSSR count). The fourth-order valence-electron chi connectivity index (χ4n) is 1.82. The standard InChI is InChI=1S/C13H7NO6/c15-7-1-3-9-10(5-7)20-11(13(9)16)6-8-2-4-12(19-8)14(17)18/h1-6,15H/b11-6+. The molecule has 0 unspecified atom stereocenters. The zero-order chi connectivity index (χ0) is 14.3. The average Bonchev–Trinajstić information content (AvgIpc) is 2.96. The van der Waals surface area contributed by atoms with Crippen LogP contribution in [0.1, 0.15) is 16.1 Å². The van der Waals surface area contributed by atoms with Gasteiger partial charge in [0.25, 0.3) is 0 Å². The van der Waals surface area contributed by atoms with Gasteiger partial charge in [-0.05, 0) is 18.2 Å². The minimum Gasteiger partial charge on any atom is -0.508 e. The van der Waals surface area contributed by atoms with Gasteiger partial charge in [0, 0.05) is 12.1 Å². The molecule has 1 aromatic carbocycles. The minimum absolute atomic E-state index is 0.0187. The van der Waals surface area contributed by atoms with Crippen molar-refractivity contribution in [3.05, 3.63) is 57.5 Å². The molecule has 0 bridgehead atoms. The Balaban J connectivity index is 1.94. The van der Waals surface area contributed by atoms with E-state index in [1.165, 1.54) is 36.4 Å². The maximum absolute atomic E-state index is 12.0. The monoisotopic (exact) mass is 273 g/mol. The number of rotatable bonds is 2. The number of ether oxygens (including phenoxy) is 1. The van der Waals surface area contributed by atoms with Gasteiger partial charge >= 0.3 is 5.88 Å². The van der Waals surface area contributed by atoms with E-state index in [2.05, 4.69) is 0 Å². The molecule has 2 heterocycles. The molecule has 0 spiro atoms. The van der Waals surface area contributed by atoms with Crippen molar-refractivity contribution >= 4 is 17.7 Å². The SMILES string of the molecule is O=C1/C(=C\c2ccc([N+](=O)[O-])o2)Oc2cc(O)ccc21. The molecule has 1 aromatic heterocycles. The number of nitrogens with zero attached hydrogens (tertiary/aromatic N) is 1. The zero-order valence-electron chi connectivity index (χ0n) is 9.90. The second-order valence-corrected chi connectivity index (χ2v) is 4.05. The predicted molar refractivity (Wildman–Crippen MR) is 66.4 cm³/mol. The smallest absolute Gasteiger partial charge is 0.433 e. The summed E-state index contributed by atoms with van der Waals surface area (Å²) in [6, 6.07) is 6.69. The number of carbonyl (C=O) groups is 1. The quantitative estimate of drug-likeness (QED) is 0.512. The molecule has 0 amide bonds. The fraction of sp³-hybridized carbons (Fsp3) is 0. The maximum Gasteiger partial charge on any atom is 0.433 e. The third-order valence-corrected chi connectivity index (χ3v) is 2.72. The van der Waals surface area contributed by atoms with Crippen molar-refractivity contribution in [1.82, 2.24) is 0 Å². The molecular weight excluding hydrogens is 266 g/mol. The topological polar surface area (TPSA) is 103 Å². The van der Waals surface area contributed by atoms with Crippen molar-refractivity contribution in [2.75, 3.05) is 0 Å². The number of aromatic hydroxyl groups is 1. The number of fused-ring (bicyclic) bond motifs is 1. The van der Waals surface area contributed by atoms with E-state index in [1.807, 2.05) is 0 Å². The number of furan rings is 1. The van der Waals surface area contributed by atoms with E-state index in [1.54, 1.807) is 0 Å². The highest BCUT2D eigenvalue weighted by molar-refractivity contribution is 6.14. The summed E-state index contributed by atoms with van der Waals surface area (Å²) in [7, 11) is 0. The van der Waals surface area contributed by atoms with Gasteiger partial charge in [0.05, 0.1) is 11.6 Å². The first-order valence-electron chi connectivity index (χ1n) is 5.56. The van der Waals surface area contributed by atoms with Crippen molar-refractivity contribution in [3.8, 4) is 11.5 Å². The zero-order valence-corrected chi connectivity index (χ0v) is 9.90. The number of benzene rings is 1. The van der Waals surface area contributed by atoms with Crippen molar-refractivity contribution < 1.29 is 24.0 Å². The lowest BCUT2D eigenvalue weighted by molar-refractivity contribution is -0.402. The molecule has 2 aromatic rings. The molecule has 1 N–H and O–H groups in total. The average molecular weight is 273 g/mol. The van der Waals surface area contributed by atoms with E-state index in [0.29, 0.717) is 5.56 Å². The second kappa shape index (κ2) is 4.23. The lowest BCUT2D eigenvalue weighted by atomic mass is 10.1. The molecule has 7 heteroatoms. The third-order valence-electron chi connectivity index (χ3n) is 2.72. The van der Waals surface area contributed by atoms with Gasteiger partial charge in [-0.25, -0.2) is 0 Å². The Morgan fingerprint density at radius 2 is 2.05 bits per heavy atom. The molecule has 0 saturated carbocycles. The van der Waals surface area contributed by atoms with Crippen LogP contribution in [-0.4, -0.2) is 15.8 Å². The number of phenolic OH excluding ortho intramolecular Hbond substituents is 1. The van der Waals surface area contributed by atoms with Crippen LogP contribution in [0.15, 0.2) is 40.5 Å². The number of allylic oxidation sites excluding steroid dienone is 1. The molecular formula is C13H7NO6. The predicted octanol–water partition coefficient (Wildman–Crippen LogP) is 2.51. The Hall–Kier alpha value is -3.09. The number of phenols is 1. The van der Waals surface area contributed by atoms with Crippen LogP contribution in [0.5, 0.6) is 11.5 Å². The van der Waals surface area contributed by atoms with Crippen LogP contribution in [0, 0.1) is 10.1 Å². The van der Waals surface area contributed by atoms with Gasteiger partial charge < -0.3 is 14.3 Å². The Morgan fingerprint density at radius 1 is 1.25 bits per heavy atom. The second-order valence-electron chi connectivity index (χ2n) is 4.05. The normalized spacial score (nSPS) is 15.2. The van der Waals surface area contributed by atoms with Crippen LogP contribution >= 0.6 is 0 Å².